The lowest BCUT2D eigenvalue weighted by molar-refractivity contribution is -0.123. The number of carbonyl (C=O) groups excluding carboxylic acids is 2. The molecule has 2 amide bonds. The second-order valence-electron chi connectivity index (χ2n) is 6.67. The highest BCUT2D eigenvalue weighted by molar-refractivity contribution is 8.18. The molecule has 1 aliphatic heterocycles. The van der Waals surface area contributed by atoms with Crippen molar-refractivity contribution >= 4 is 40.4 Å². The molecule has 0 bridgehead atoms. The summed E-state index contributed by atoms with van der Waals surface area (Å²) in [6, 6.07) is 19.4. The number of thioether (sulfide) groups is 1. The molecule has 0 saturated carbocycles. The molecule has 1 heterocycles. The number of phenolic OH excluding ortho intramolecular Hbond substituents is 1. The van der Waals surface area contributed by atoms with E-state index in [4.69, 9.17) is 0 Å². The highest BCUT2D eigenvalue weighted by atomic mass is 32.2. The number of hydrogen-bond acceptors (Lipinski definition) is 6. The lowest BCUT2D eigenvalue weighted by atomic mass is 10.1. The number of aromatic hydroxyl groups is 1. The van der Waals surface area contributed by atoms with Crippen LogP contribution in [0, 0.1) is 5.82 Å². The molecule has 8 heteroatoms. The Hall–Kier alpha value is -3.78. The van der Waals surface area contributed by atoms with E-state index in [1.54, 1.807) is 12.1 Å². The maximum Gasteiger partial charge on any atom is 0.293 e. The van der Waals surface area contributed by atoms with Crippen LogP contribution in [-0.2, 0) is 11.3 Å². The molecule has 6 nitrogen and oxygen atoms in total. The Morgan fingerprint density at radius 2 is 1.65 bits per heavy atom. The van der Waals surface area contributed by atoms with Crippen LogP contribution in [0.25, 0.3) is 6.08 Å². The van der Waals surface area contributed by atoms with Gasteiger partial charge >= 0.3 is 0 Å². The second-order valence-corrected chi connectivity index (χ2v) is 7.67. The summed E-state index contributed by atoms with van der Waals surface area (Å²) in [6.07, 6.45) is 1.45. The molecule has 0 aromatic heterocycles. The zero-order valence-electron chi connectivity index (χ0n) is 16.1. The highest BCUT2D eigenvalue weighted by Crippen LogP contribution is 2.35. The van der Waals surface area contributed by atoms with Crippen LogP contribution in [0.4, 0.5) is 20.6 Å². The van der Waals surface area contributed by atoms with Gasteiger partial charge in [0.25, 0.3) is 11.1 Å². The van der Waals surface area contributed by atoms with Crippen LogP contribution in [-0.4, -0.2) is 21.2 Å². The number of imide groups is 1. The summed E-state index contributed by atoms with van der Waals surface area (Å²) in [6.45, 7) is 0.0413. The van der Waals surface area contributed by atoms with Gasteiger partial charge in [-0.1, -0.05) is 30.3 Å². The van der Waals surface area contributed by atoms with Gasteiger partial charge in [0.15, 0.2) is 0 Å². The fraction of sp³-hybridized carbons (Fsp3) is 0.0435. The van der Waals surface area contributed by atoms with Gasteiger partial charge in [0.1, 0.15) is 11.6 Å². The molecule has 0 radical (unpaired) electrons. The number of rotatable bonds is 5. The van der Waals surface area contributed by atoms with Crippen molar-refractivity contribution in [3.8, 4) is 5.75 Å². The van der Waals surface area contributed by atoms with Crippen LogP contribution < -0.4 is 0 Å². The third kappa shape index (κ3) is 4.87. The molecule has 4 rings (SSSR count). The summed E-state index contributed by atoms with van der Waals surface area (Å²) in [5.74, 6) is -0.920. The Balaban J connectivity index is 1.55. The average Bonchev–Trinajstić information content (AvgIpc) is 3.04. The van der Waals surface area contributed by atoms with E-state index in [0.29, 0.717) is 22.5 Å². The van der Waals surface area contributed by atoms with Gasteiger partial charge in [-0.2, -0.15) is 10.2 Å². The number of amides is 2. The standard InChI is InChI=1S/C23H16FN3O3S/c24-17-8-6-15(7-9-17)14-27-22(29)21(31-23(27)30)13-16-12-19(10-11-20(16)28)26-25-18-4-2-1-3-5-18/h1-13,28H,14H2/b21-13-,26-25?. The van der Waals surface area contributed by atoms with E-state index in [-0.39, 0.29) is 17.2 Å². The fourth-order valence-corrected chi connectivity index (χ4v) is 3.71. The minimum Gasteiger partial charge on any atom is -0.507 e. The van der Waals surface area contributed by atoms with Crippen LogP contribution in [0.2, 0.25) is 0 Å². The molecular formula is C23H16FN3O3S. The molecule has 1 saturated heterocycles. The summed E-state index contributed by atoms with van der Waals surface area (Å²) in [5, 5.41) is 18.0. The average molecular weight is 433 g/mol. The number of azo groups is 1. The summed E-state index contributed by atoms with van der Waals surface area (Å²) in [5.41, 5.74) is 2.14. The third-order valence-electron chi connectivity index (χ3n) is 4.46. The van der Waals surface area contributed by atoms with E-state index in [9.17, 15) is 19.1 Å². The Labute approximate surface area is 181 Å². The largest absolute Gasteiger partial charge is 0.507 e. The van der Waals surface area contributed by atoms with Gasteiger partial charge in [-0.3, -0.25) is 14.5 Å². The van der Waals surface area contributed by atoms with Gasteiger partial charge in [-0.25, -0.2) is 4.39 Å². The number of halogens is 1. The van der Waals surface area contributed by atoms with E-state index >= 15 is 0 Å². The minimum absolute atomic E-state index is 0.0413. The molecule has 1 N–H and O–H groups in total. The smallest absolute Gasteiger partial charge is 0.293 e. The predicted octanol–water partition coefficient (Wildman–Crippen LogP) is 6.18. The number of benzene rings is 3. The van der Waals surface area contributed by atoms with Gasteiger partial charge < -0.3 is 5.11 Å². The normalized spacial score (nSPS) is 15.4. The Kier molecular flexibility index (Phi) is 5.90. The molecule has 31 heavy (non-hydrogen) atoms. The predicted molar refractivity (Wildman–Crippen MR) is 117 cm³/mol. The Bertz CT molecular complexity index is 1190. The van der Waals surface area contributed by atoms with Crippen molar-refractivity contribution in [3.63, 3.8) is 0 Å². The van der Waals surface area contributed by atoms with E-state index in [0.717, 1.165) is 16.7 Å². The third-order valence-corrected chi connectivity index (χ3v) is 5.37. The van der Waals surface area contributed by atoms with Crippen molar-refractivity contribution in [2.24, 2.45) is 10.2 Å². The van der Waals surface area contributed by atoms with Crippen LogP contribution in [0.3, 0.4) is 0 Å². The first-order valence-electron chi connectivity index (χ1n) is 9.29. The maximum atomic E-state index is 13.1. The highest BCUT2D eigenvalue weighted by Gasteiger charge is 2.35. The van der Waals surface area contributed by atoms with Gasteiger partial charge in [-0.15, -0.1) is 0 Å². The van der Waals surface area contributed by atoms with Gasteiger partial charge in [0.2, 0.25) is 0 Å². The van der Waals surface area contributed by atoms with Crippen LogP contribution in [0.1, 0.15) is 11.1 Å². The maximum absolute atomic E-state index is 13.1. The first-order chi connectivity index (χ1) is 15.0. The molecular weight excluding hydrogens is 417 g/mol. The van der Waals surface area contributed by atoms with Crippen LogP contribution in [0.5, 0.6) is 5.75 Å². The van der Waals surface area contributed by atoms with Crippen LogP contribution >= 0.6 is 11.8 Å². The van der Waals surface area contributed by atoms with Gasteiger partial charge in [0, 0.05) is 5.56 Å². The molecule has 1 fully saturated rings. The molecule has 3 aromatic carbocycles. The number of phenols is 1. The molecule has 0 aliphatic carbocycles. The summed E-state index contributed by atoms with van der Waals surface area (Å²) in [4.78, 5) is 26.3. The van der Waals surface area contributed by atoms with E-state index < -0.39 is 17.0 Å². The van der Waals surface area contributed by atoms with E-state index in [2.05, 4.69) is 10.2 Å². The van der Waals surface area contributed by atoms with E-state index in [1.165, 1.54) is 36.4 Å². The van der Waals surface area contributed by atoms with Crippen molar-refractivity contribution < 1.29 is 19.1 Å². The molecule has 0 atom stereocenters. The van der Waals surface area contributed by atoms with Crippen molar-refractivity contribution in [3.05, 3.63) is 94.6 Å². The van der Waals surface area contributed by atoms with Crippen molar-refractivity contribution in [1.29, 1.82) is 0 Å². The summed E-state index contributed by atoms with van der Waals surface area (Å²) >= 11 is 0.783. The van der Waals surface area contributed by atoms with Gasteiger partial charge in [-0.05, 0) is 65.9 Å². The molecule has 1 aliphatic rings. The van der Waals surface area contributed by atoms with Crippen molar-refractivity contribution in [2.45, 2.75) is 6.54 Å². The Morgan fingerprint density at radius 1 is 0.935 bits per heavy atom. The number of nitrogens with zero attached hydrogens (tertiary/aromatic N) is 3. The van der Waals surface area contributed by atoms with Crippen molar-refractivity contribution in [1.82, 2.24) is 4.90 Å². The SMILES string of the molecule is O=C1S/C(=C\c2cc(N=Nc3ccccc3)ccc2O)C(=O)N1Cc1ccc(F)cc1. The Morgan fingerprint density at radius 3 is 2.39 bits per heavy atom. The molecule has 0 unspecified atom stereocenters. The fourth-order valence-electron chi connectivity index (χ4n) is 2.88. The van der Waals surface area contributed by atoms with Crippen molar-refractivity contribution in [2.75, 3.05) is 0 Å². The second kappa shape index (κ2) is 8.93. The number of carbonyl (C=O) groups is 2. The topological polar surface area (TPSA) is 82.3 Å². The first kappa shape index (κ1) is 20.5. The molecule has 3 aromatic rings. The summed E-state index contributed by atoms with van der Waals surface area (Å²) < 4.78 is 13.1. The lowest BCUT2D eigenvalue weighted by Crippen LogP contribution is -2.27. The molecule has 0 spiro atoms. The minimum atomic E-state index is -0.477. The summed E-state index contributed by atoms with van der Waals surface area (Å²) in [7, 11) is 0. The van der Waals surface area contributed by atoms with E-state index in [1.807, 2.05) is 30.3 Å². The zero-order valence-corrected chi connectivity index (χ0v) is 16.9. The molecule has 154 valence electrons. The monoisotopic (exact) mass is 433 g/mol. The van der Waals surface area contributed by atoms with Gasteiger partial charge in [0.05, 0.1) is 22.8 Å². The number of hydrogen-bond donors (Lipinski definition) is 1. The quantitative estimate of drug-likeness (QED) is 0.385. The lowest BCUT2D eigenvalue weighted by Gasteiger charge is -2.12. The van der Waals surface area contributed by atoms with Crippen LogP contribution in [0.15, 0.2) is 87.9 Å². The zero-order chi connectivity index (χ0) is 21.8. The first-order valence-corrected chi connectivity index (χ1v) is 10.1.